The quantitative estimate of drug-likeness (QED) is 0.599. The minimum absolute atomic E-state index is 0.0266. The lowest BCUT2D eigenvalue weighted by Gasteiger charge is -2.10. The second-order valence-electron chi connectivity index (χ2n) is 4.17. The van der Waals surface area contributed by atoms with Crippen molar-refractivity contribution in [1.82, 2.24) is 0 Å². The molecule has 0 heterocycles. The molecule has 116 valence electrons. The largest absolute Gasteiger partial charge is 0.490 e. The number of alkyl halides is 2. The van der Waals surface area contributed by atoms with Gasteiger partial charge in [0.1, 0.15) is 5.75 Å². The maximum Gasteiger partial charge on any atom is 0.387 e. The first kappa shape index (κ1) is 15.8. The Morgan fingerprint density at radius 2 is 1.68 bits per heavy atom. The summed E-state index contributed by atoms with van der Waals surface area (Å²) in [7, 11) is 0. The van der Waals surface area contributed by atoms with Crippen LogP contribution in [0.15, 0.2) is 48.5 Å². The van der Waals surface area contributed by atoms with Crippen molar-refractivity contribution in [3.63, 3.8) is 0 Å². The van der Waals surface area contributed by atoms with E-state index in [9.17, 15) is 13.6 Å². The molecule has 0 aromatic heterocycles. The molecule has 0 unspecified atom stereocenters. The maximum absolute atomic E-state index is 12.1. The number of hydrogen-bond donors (Lipinski definition) is 0. The predicted molar refractivity (Wildman–Crippen MR) is 75.6 cm³/mol. The van der Waals surface area contributed by atoms with Gasteiger partial charge in [0.05, 0.1) is 12.2 Å². The van der Waals surface area contributed by atoms with Gasteiger partial charge in [-0.2, -0.15) is 8.78 Å². The molecule has 0 aliphatic carbocycles. The van der Waals surface area contributed by atoms with Gasteiger partial charge in [0.2, 0.25) is 0 Å². The van der Waals surface area contributed by atoms with E-state index in [0.717, 1.165) is 0 Å². The van der Waals surface area contributed by atoms with Gasteiger partial charge in [-0.1, -0.05) is 12.1 Å². The highest BCUT2D eigenvalue weighted by atomic mass is 19.3. The monoisotopic (exact) mass is 308 g/mol. The van der Waals surface area contributed by atoms with Gasteiger partial charge in [-0.05, 0) is 43.3 Å². The highest BCUT2D eigenvalue weighted by Crippen LogP contribution is 2.27. The molecule has 0 aliphatic rings. The Hall–Kier alpha value is -2.63. The minimum atomic E-state index is -2.91. The summed E-state index contributed by atoms with van der Waals surface area (Å²) in [5.41, 5.74) is 0.216. The number of rotatable bonds is 6. The van der Waals surface area contributed by atoms with Gasteiger partial charge in [-0.3, -0.25) is 0 Å². The summed E-state index contributed by atoms with van der Waals surface area (Å²) in [6.45, 7) is -0.648. The first-order valence-corrected chi connectivity index (χ1v) is 6.59. The van der Waals surface area contributed by atoms with Crippen molar-refractivity contribution in [2.45, 2.75) is 13.5 Å². The standard InChI is InChI=1S/C16H14F2O4/c1-2-20-13-5-3-4-6-14(13)22-15(19)11-7-9-12(10-8-11)21-16(17)18/h3-10,16H,2H2,1H3. The smallest absolute Gasteiger partial charge is 0.387 e. The Kier molecular flexibility index (Phi) is 5.30. The molecule has 2 aromatic carbocycles. The van der Waals surface area contributed by atoms with Gasteiger partial charge in [0.25, 0.3) is 0 Å². The fourth-order valence-electron chi connectivity index (χ4n) is 1.74. The Labute approximate surface area is 126 Å². The highest BCUT2D eigenvalue weighted by Gasteiger charge is 2.13. The number of ether oxygens (including phenoxy) is 3. The molecule has 0 atom stereocenters. The average molecular weight is 308 g/mol. The van der Waals surface area contributed by atoms with E-state index in [2.05, 4.69) is 4.74 Å². The first-order chi connectivity index (χ1) is 10.6. The van der Waals surface area contributed by atoms with Gasteiger partial charge < -0.3 is 14.2 Å². The zero-order valence-corrected chi connectivity index (χ0v) is 11.8. The minimum Gasteiger partial charge on any atom is -0.490 e. The third kappa shape index (κ3) is 4.18. The van der Waals surface area contributed by atoms with Gasteiger partial charge in [-0.25, -0.2) is 4.79 Å². The second kappa shape index (κ2) is 7.40. The third-order valence-electron chi connectivity index (χ3n) is 2.67. The number of carbonyl (C=O) groups is 1. The Morgan fingerprint density at radius 3 is 2.27 bits per heavy atom. The molecule has 2 aromatic rings. The molecule has 0 fully saturated rings. The van der Waals surface area contributed by atoms with Crippen molar-refractivity contribution in [3.05, 3.63) is 54.1 Å². The first-order valence-electron chi connectivity index (χ1n) is 6.59. The van der Waals surface area contributed by atoms with Crippen LogP contribution in [0.5, 0.6) is 17.2 Å². The van der Waals surface area contributed by atoms with E-state index in [1.165, 1.54) is 24.3 Å². The number of benzene rings is 2. The zero-order valence-electron chi connectivity index (χ0n) is 11.8. The maximum atomic E-state index is 12.1. The van der Waals surface area contributed by atoms with E-state index in [4.69, 9.17) is 9.47 Å². The number of carbonyl (C=O) groups excluding carboxylic acids is 1. The van der Waals surface area contributed by atoms with Crippen LogP contribution in [0.25, 0.3) is 0 Å². The van der Waals surface area contributed by atoms with Gasteiger partial charge >= 0.3 is 12.6 Å². The topological polar surface area (TPSA) is 44.8 Å². The lowest BCUT2D eigenvalue weighted by molar-refractivity contribution is -0.0498. The van der Waals surface area contributed by atoms with Gasteiger partial charge in [-0.15, -0.1) is 0 Å². The van der Waals surface area contributed by atoms with Crippen molar-refractivity contribution < 1.29 is 27.8 Å². The van der Waals surface area contributed by atoms with Crippen LogP contribution in [0, 0.1) is 0 Å². The summed E-state index contributed by atoms with van der Waals surface area (Å²) in [5.74, 6) is 0.107. The molecule has 0 saturated heterocycles. The summed E-state index contributed by atoms with van der Waals surface area (Å²) in [4.78, 5) is 12.0. The lowest BCUT2D eigenvalue weighted by atomic mass is 10.2. The Bertz CT molecular complexity index is 626. The van der Waals surface area contributed by atoms with Gasteiger partial charge in [0.15, 0.2) is 11.5 Å². The van der Waals surface area contributed by atoms with Crippen LogP contribution >= 0.6 is 0 Å². The molecule has 0 saturated carbocycles. The summed E-state index contributed by atoms with van der Waals surface area (Å²) in [5, 5.41) is 0. The van der Waals surface area contributed by atoms with E-state index in [-0.39, 0.29) is 11.3 Å². The molecule has 0 N–H and O–H groups in total. The molecule has 4 nitrogen and oxygen atoms in total. The van der Waals surface area contributed by atoms with E-state index >= 15 is 0 Å². The van der Waals surface area contributed by atoms with E-state index < -0.39 is 12.6 Å². The molecule has 0 amide bonds. The van der Waals surface area contributed by atoms with Crippen LogP contribution in [-0.2, 0) is 0 Å². The molecule has 2 rings (SSSR count). The Morgan fingerprint density at radius 1 is 1.05 bits per heavy atom. The van der Waals surface area contributed by atoms with Crippen LogP contribution in [0.1, 0.15) is 17.3 Å². The molecule has 0 aliphatic heterocycles. The van der Waals surface area contributed by atoms with Crippen molar-refractivity contribution >= 4 is 5.97 Å². The predicted octanol–water partition coefficient (Wildman–Crippen LogP) is 3.91. The Balaban J connectivity index is 2.09. The van der Waals surface area contributed by atoms with Crippen LogP contribution in [0.3, 0.4) is 0 Å². The van der Waals surface area contributed by atoms with Crippen molar-refractivity contribution in [1.29, 1.82) is 0 Å². The van der Waals surface area contributed by atoms with Crippen LogP contribution in [0.2, 0.25) is 0 Å². The SMILES string of the molecule is CCOc1ccccc1OC(=O)c1ccc(OC(F)F)cc1. The normalized spacial score (nSPS) is 10.4. The number of halogens is 2. The fraction of sp³-hybridized carbons (Fsp3) is 0.188. The number of para-hydroxylation sites is 2. The summed E-state index contributed by atoms with van der Waals surface area (Å²) < 4.78 is 38.9. The molecule has 0 bridgehead atoms. The fourth-order valence-corrected chi connectivity index (χ4v) is 1.74. The van der Waals surface area contributed by atoms with Gasteiger partial charge in [0, 0.05) is 0 Å². The zero-order chi connectivity index (χ0) is 15.9. The van der Waals surface area contributed by atoms with Crippen molar-refractivity contribution in [3.8, 4) is 17.2 Å². The number of esters is 1. The third-order valence-corrected chi connectivity index (χ3v) is 2.67. The van der Waals surface area contributed by atoms with Crippen LogP contribution in [-0.4, -0.2) is 19.2 Å². The lowest BCUT2D eigenvalue weighted by Crippen LogP contribution is -2.10. The van der Waals surface area contributed by atoms with Crippen molar-refractivity contribution in [2.24, 2.45) is 0 Å². The van der Waals surface area contributed by atoms with E-state index in [0.29, 0.717) is 18.1 Å². The molecule has 0 spiro atoms. The van der Waals surface area contributed by atoms with Crippen LogP contribution in [0.4, 0.5) is 8.78 Å². The summed E-state index contributed by atoms with van der Waals surface area (Å²) in [6.07, 6.45) is 0. The summed E-state index contributed by atoms with van der Waals surface area (Å²) >= 11 is 0. The van der Waals surface area contributed by atoms with E-state index in [1.807, 2.05) is 6.92 Å². The highest BCUT2D eigenvalue weighted by molar-refractivity contribution is 5.91. The molecular formula is C16H14F2O4. The molecular weight excluding hydrogens is 294 g/mol. The summed E-state index contributed by atoms with van der Waals surface area (Å²) in [6, 6.07) is 12.0. The van der Waals surface area contributed by atoms with Crippen molar-refractivity contribution in [2.75, 3.05) is 6.61 Å². The average Bonchev–Trinajstić information content (AvgIpc) is 2.49. The van der Waals surface area contributed by atoms with E-state index in [1.54, 1.807) is 24.3 Å². The second-order valence-corrected chi connectivity index (χ2v) is 4.17. The van der Waals surface area contributed by atoms with Crippen LogP contribution < -0.4 is 14.2 Å². The molecule has 22 heavy (non-hydrogen) atoms. The molecule has 6 heteroatoms. The molecule has 0 radical (unpaired) electrons. The number of hydrogen-bond acceptors (Lipinski definition) is 4.